The molecule has 3 aromatic rings. The molecular weight excluding hydrogens is 407 g/mol. The highest BCUT2D eigenvalue weighted by molar-refractivity contribution is 6.31. The lowest BCUT2D eigenvalue weighted by molar-refractivity contribution is -0.137. The summed E-state index contributed by atoms with van der Waals surface area (Å²) in [7, 11) is 0. The molecule has 4 rings (SSSR count). The number of nitrogens with one attached hydrogen (secondary N) is 1. The monoisotopic (exact) mass is 423 g/mol. The van der Waals surface area contributed by atoms with Crippen LogP contribution in [0.5, 0.6) is 0 Å². The van der Waals surface area contributed by atoms with Gasteiger partial charge in [-0.15, -0.1) is 5.10 Å². The Morgan fingerprint density at radius 2 is 2.10 bits per heavy atom. The largest absolute Gasteiger partial charge is 0.416 e. The molecule has 1 N–H and O–H groups in total. The maximum absolute atomic E-state index is 12.9. The minimum absolute atomic E-state index is 0.0320. The van der Waals surface area contributed by atoms with Crippen LogP contribution in [0.3, 0.4) is 0 Å². The Hall–Kier alpha value is -2.49. The van der Waals surface area contributed by atoms with E-state index in [2.05, 4.69) is 20.6 Å². The lowest BCUT2D eigenvalue weighted by Crippen LogP contribution is -2.26. The minimum Gasteiger partial charge on any atom is -0.370 e. The number of halogens is 4. The first-order valence-electron chi connectivity index (χ1n) is 8.92. The van der Waals surface area contributed by atoms with Gasteiger partial charge in [0.1, 0.15) is 5.69 Å². The number of hydrogen-bond acceptors (Lipinski definition) is 5. The van der Waals surface area contributed by atoms with Crippen molar-refractivity contribution in [2.45, 2.75) is 24.9 Å². The van der Waals surface area contributed by atoms with Crippen molar-refractivity contribution in [2.75, 3.05) is 13.1 Å². The van der Waals surface area contributed by atoms with E-state index in [1.54, 1.807) is 17.1 Å². The molecule has 1 unspecified atom stereocenters. The molecule has 1 saturated heterocycles. The van der Waals surface area contributed by atoms with Crippen LogP contribution in [0.1, 0.15) is 17.2 Å². The molecule has 1 aromatic carbocycles. The first-order valence-corrected chi connectivity index (χ1v) is 9.30. The maximum atomic E-state index is 12.9. The number of rotatable bonds is 5. The average Bonchev–Trinajstić information content (AvgIpc) is 3.36. The first-order chi connectivity index (χ1) is 13.9. The summed E-state index contributed by atoms with van der Waals surface area (Å²) in [6.07, 6.45) is 0.467. The van der Waals surface area contributed by atoms with Crippen molar-refractivity contribution in [2.24, 2.45) is 0 Å². The number of alkyl halides is 3. The van der Waals surface area contributed by atoms with Crippen LogP contribution in [0.15, 0.2) is 48.9 Å². The molecule has 1 aliphatic rings. The molecule has 10 heteroatoms. The van der Waals surface area contributed by atoms with E-state index in [9.17, 15) is 13.2 Å². The molecule has 0 spiro atoms. The van der Waals surface area contributed by atoms with Crippen LogP contribution >= 0.6 is 11.6 Å². The van der Waals surface area contributed by atoms with Gasteiger partial charge in [0.15, 0.2) is 0 Å². The van der Waals surface area contributed by atoms with Gasteiger partial charge in [-0.3, -0.25) is 4.98 Å². The van der Waals surface area contributed by atoms with Crippen LogP contribution in [-0.2, 0) is 17.5 Å². The normalized spacial score (nSPS) is 19.6. The first kappa shape index (κ1) is 19.8. The number of nitrogens with zero attached hydrogens (tertiary/aromatic N) is 4. The van der Waals surface area contributed by atoms with Gasteiger partial charge in [-0.1, -0.05) is 16.8 Å². The number of hydrogen-bond donors (Lipinski definition) is 1. The van der Waals surface area contributed by atoms with Crippen molar-refractivity contribution in [1.82, 2.24) is 25.3 Å². The Morgan fingerprint density at radius 1 is 1.24 bits per heavy atom. The van der Waals surface area contributed by atoms with Gasteiger partial charge in [0.25, 0.3) is 0 Å². The van der Waals surface area contributed by atoms with Crippen LogP contribution in [-0.4, -0.2) is 39.2 Å². The van der Waals surface area contributed by atoms with Crippen LogP contribution in [0.25, 0.3) is 11.3 Å². The van der Waals surface area contributed by atoms with Gasteiger partial charge in [0, 0.05) is 36.1 Å². The molecule has 0 radical (unpaired) electrons. The molecule has 2 aromatic heterocycles. The van der Waals surface area contributed by atoms with Crippen molar-refractivity contribution in [3.63, 3.8) is 0 Å². The van der Waals surface area contributed by atoms with E-state index >= 15 is 0 Å². The minimum atomic E-state index is -4.43. The fraction of sp³-hybridized carbons (Fsp3) is 0.316. The summed E-state index contributed by atoms with van der Waals surface area (Å²) in [6, 6.07) is 6.79. The van der Waals surface area contributed by atoms with E-state index in [0.717, 1.165) is 17.7 Å². The van der Waals surface area contributed by atoms with Crippen LogP contribution < -0.4 is 5.32 Å². The Kier molecular flexibility index (Phi) is 5.53. The van der Waals surface area contributed by atoms with E-state index in [0.29, 0.717) is 24.3 Å². The van der Waals surface area contributed by atoms with Crippen LogP contribution in [0.2, 0.25) is 5.02 Å². The van der Waals surface area contributed by atoms with Gasteiger partial charge in [-0.05, 0) is 35.9 Å². The van der Waals surface area contributed by atoms with E-state index in [4.69, 9.17) is 16.3 Å². The molecule has 0 bridgehead atoms. The topological polar surface area (TPSA) is 64.9 Å². The molecule has 1 fully saturated rings. The molecular formula is C19H17ClF3N5O. The molecule has 0 amide bonds. The fourth-order valence-electron chi connectivity index (χ4n) is 3.22. The summed E-state index contributed by atoms with van der Waals surface area (Å²) in [5.41, 5.74) is 1.07. The average molecular weight is 424 g/mol. The Morgan fingerprint density at radius 3 is 2.86 bits per heavy atom. The predicted octanol–water partition coefficient (Wildman–Crippen LogP) is 3.74. The van der Waals surface area contributed by atoms with Gasteiger partial charge in [0.2, 0.25) is 0 Å². The highest BCUT2D eigenvalue weighted by Gasteiger charge is 2.32. The van der Waals surface area contributed by atoms with E-state index in [1.165, 1.54) is 6.07 Å². The zero-order chi connectivity index (χ0) is 20.4. The molecule has 29 heavy (non-hydrogen) atoms. The Balaban J connectivity index is 1.47. The zero-order valence-corrected chi connectivity index (χ0v) is 15.9. The van der Waals surface area contributed by atoms with E-state index in [1.807, 2.05) is 18.3 Å². The lowest BCUT2D eigenvalue weighted by atomic mass is 10.1. The zero-order valence-electron chi connectivity index (χ0n) is 15.1. The van der Waals surface area contributed by atoms with Crippen molar-refractivity contribution < 1.29 is 17.9 Å². The molecule has 0 aliphatic carbocycles. The Bertz CT molecular complexity index is 979. The third-order valence-electron chi connectivity index (χ3n) is 4.76. The van der Waals surface area contributed by atoms with Crippen molar-refractivity contribution >= 4 is 11.6 Å². The number of aromatic nitrogens is 4. The summed E-state index contributed by atoms with van der Waals surface area (Å²) >= 11 is 6.06. The highest BCUT2D eigenvalue weighted by Crippen LogP contribution is 2.32. The summed E-state index contributed by atoms with van der Waals surface area (Å²) < 4.78 is 46.5. The summed E-state index contributed by atoms with van der Waals surface area (Å²) in [5, 5.41) is 11.8. The van der Waals surface area contributed by atoms with Crippen molar-refractivity contribution in [1.29, 1.82) is 0 Å². The van der Waals surface area contributed by atoms with Gasteiger partial charge in [-0.25, -0.2) is 4.68 Å². The summed E-state index contributed by atoms with van der Waals surface area (Å²) in [4.78, 5) is 4.07. The van der Waals surface area contributed by atoms with E-state index in [-0.39, 0.29) is 23.8 Å². The van der Waals surface area contributed by atoms with Crippen LogP contribution in [0.4, 0.5) is 13.2 Å². The fourth-order valence-corrected chi connectivity index (χ4v) is 3.39. The summed E-state index contributed by atoms with van der Waals surface area (Å²) in [6.45, 7) is 1.12. The predicted molar refractivity (Wildman–Crippen MR) is 100 cm³/mol. The van der Waals surface area contributed by atoms with Gasteiger partial charge in [-0.2, -0.15) is 13.2 Å². The SMILES string of the molecule is FC(F)(F)c1ccc(Cl)c(CO[C@@H]2CNCC2n2cc(-c3cccnc3)nn2)c1. The van der Waals surface area contributed by atoms with Crippen LogP contribution in [0, 0.1) is 0 Å². The number of pyridine rings is 1. The Labute approximate surface area is 169 Å². The molecule has 6 nitrogen and oxygen atoms in total. The smallest absolute Gasteiger partial charge is 0.370 e. The molecule has 152 valence electrons. The standard InChI is InChI=1S/C19H17ClF3N5O/c20-15-4-3-14(19(21,22)23)6-13(15)11-29-18-9-25-8-17(18)28-10-16(26-27-28)12-2-1-5-24-7-12/h1-7,10,17-18,25H,8-9,11H2/t17?,18-/m1/s1. The van der Waals surface area contributed by atoms with Gasteiger partial charge < -0.3 is 10.1 Å². The second-order valence-electron chi connectivity index (χ2n) is 6.70. The molecule has 0 saturated carbocycles. The number of ether oxygens (including phenoxy) is 1. The van der Waals surface area contributed by atoms with E-state index < -0.39 is 11.7 Å². The molecule has 2 atom stereocenters. The van der Waals surface area contributed by atoms with Gasteiger partial charge in [0.05, 0.1) is 30.5 Å². The van der Waals surface area contributed by atoms with Crippen molar-refractivity contribution in [3.8, 4) is 11.3 Å². The third kappa shape index (κ3) is 4.42. The van der Waals surface area contributed by atoms with Crippen molar-refractivity contribution in [3.05, 3.63) is 65.1 Å². The third-order valence-corrected chi connectivity index (χ3v) is 5.13. The maximum Gasteiger partial charge on any atom is 0.416 e. The molecule has 1 aliphatic heterocycles. The number of benzene rings is 1. The summed E-state index contributed by atoms with van der Waals surface area (Å²) in [5.74, 6) is 0. The second kappa shape index (κ2) is 8.10. The lowest BCUT2D eigenvalue weighted by Gasteiger charge is -2.20. The quantitative estimate of drug-likeness (QED) is 0.677. The highest BCUT2D eigenvalue weighted by atomic mass is 35.5. The molecule has 3 heterocycles. The second-order valence-corrected chi connectivity index (χ2v) is 7.11. The van der Waals surface area contributed by atoms with Gasteiger partial charge >= 0.3 is 6.18 Å².